The molecule has 326 valence electrons. The second kappa shape index (κ2) is 14.9. The van der Waals surface area contributed by atoms with Crippen molar-refractivity contribution in [2.75, 3.05) is 6.54 Å². The number of fused-ring (bicyclic) bond motifs is 7. The number of hydrogen-bond donors (Lipinski definition) is 3. The Morgan fingerprint density at radius 3 is 2.47 bits per heavy atom. The summed E-state index contributed by atoms with van der Waals surface area (Å²) >= 11 is 6.29. The molecule has 1 saturated heterocycles. The van der Waals surface area contributed by atoms with Crippen molar-refractivity contribution >= 4 is 56.3 Å². The van der Waals surface area contributed by atoms with Gasteiger partial charge in [-0.2, -0.15) is 4.98 Å². The van der Waals surface area contributed by atoms with E-state index in [1.165, 1.54) is 22.5 Å². The first-order valence-corrected chi connectivity index (χ1v) is 22.5. The first-order chi connectivity index (χ1) is 28.1. The lowest BCUT2D eigenvalue weighted by Crippen LogP contribution is -2.61. The second-order valence-electron chi connectivity index (χ2n) is 18.9. The Kier molecular flexibility index (Phi) is 10.6. The average Bonchev–Trinajstić information content (AvgIpc) is 4.11. The van der Waals surface area contributed by atoms with Gasteiger partial charge in [0, 0.05) is 17.5 Å². The summed E-state index contributed by atoms with van der Waals surface area (Å²) in [5.74, 6) is -4.71. The molecule has 3 N–H and O–H groups in total. The largest absolute Gasteiger partial charge is 0.459 e. The molecule has 19 heteroatoms. The van der Waals surface area contributed by atoms with Gasteiger partial charge in [-0.1, -0.05) is 51.4 Å². The normalized spacial score (nSPS) is 33.6. The van der Waals surface area contributed by atoms with Crippen LogP contribution in [0.3, 0.4) is 0 Å². The lowest BCUT2D eigenvalue weighted by atomic mass is 9.85. The third kappa shape index (κ3) is 7.64. The standard InChI is InChI=1S/C41H51ClF2N6O9S/c1-20-29-19-50(30(20)33(51)47-41(18-26(41)32(43)44)36(54)48-60(56,57)40(5)12-13-40)35(53)31(39(2,3)4)46-38(55)59-28-16-21-15-25(21)23(28)9-7-6-8-14-49-34(52)24-11-10-22(42)17-27(24)45-37(49)58-29/h6,8,10-11,17,20-21,23,25-26,28-32H,7,9,12-16,18-19H2,1-5H3,(H,46,55)(H,47,51)(H,48,54)/t20-,21+,23-,25+,26+,28-,29+,30+,31-,41-/m1/s1. The number of aromatic nitrogens is 2. The minimum Gasteiger partial charge on any atom is -0.459 e. The van der Waals surface area contributed by atoms with Crippen LogP contribution in [0.4, 0.5) is 13.6 Å². The second-order valence-corrected chi connectivity index (χ2v) is 21.5. The molecular formula is C41H51ClF2N6O9S. The third-order valence-electron chi connectivity index (χ3n) is 13.7. The van der Waals surface area contributed by atoms with E-state index in [0.717, 1.165) is 12.8 Å². The van der Waals surface area contributed by atoms with Crippen LogP contribution in [0.5, 0.6) is 6.01 Å². The van der Waals surface area contributed by atoms with E-state index >= 15 is 0 Å². The summed E-state index contributed by atoms with van der Waals surface area (Å²) in [6.45, 7) is 7.97. The molecule has 4 saturated carbocycles. The number of nitrogens with one attached hydrogen (secondary N) is 3. The molecule has 15 nitrogen and oxygen atoms in total. The fourth-order valence-electron chi connectivity index (χ4n) is 9.44. The third-order valence-corrected chi connectivity index (χ3v) is 16.1. The summed E-state index contributed by atoms with van der Waals surface area (Å²) in [6, 6.07) is 1.78. The van der Waals surface area contributed by atoms with Crippen molar-refractivity contribution in [1.29, 1.82) is 0 Å². The average molecular weight is 877 g/mol. The van der Waals surface area contributed by atoms with Crippen molar-refractivity contribution in [3.63, 3.8) is 0 Å². The van der Waals surface area contributed by atoms with E-state index in [9.17, 15) is 41.2 Å². The molecule has 1 aromatic heterocycles. The van der Waals surface area contributed by atoms with E-state index in [0.29, 0.717) is 29.7 Å². The van der Waals surface area contributed by atoms with Crippen LogP contribution in [0.2, 0.25) is 5.02 Å². The van der Waals surface area contributed by atoms with Crippen molar-refractivity contribution in [2.24, 2.45) is 35.0 Å². The molecule has 0 spiro atoms. The van der Waals surface area contributed by atoms with Crippen molar-refractivity contribution in [3.8, 4) is 6.01 Å². The number of carbonyl (C=O) groups excluding carboxylic acids is 4. The van der Waals surface area contributed by atoms with E-state index in [2.05, 4.69) is 15.6 Å². The van der Waals surface area contributed by atoms with Gasteiger partial charge < -0.3 is 25.0 Å². The van der Waals surface area contributed by atoms with Gasteiger partial charge in [-0.25, -0.2) is 22.0 Å². The van der Waals surface area contributed by atoms with Crippen molar-refractivity contribution in [1.82, 2.24) is 29.8 Å². The van der Waals surface area contributed by atoms with Crippen LogP contribution in [0.25, 0.3) is 10.9 Å². The summed E-state index contributed by atoms with van der Waals surface area (Å²) in [6.07, 6.45) is 1.62. The van der Waals surface area contributed by atoms with Gasteiger partial charge in [0.15, 0.2) is 0 Å². The number of ether oxygens (including phenoxy) is 2. The van der Waals surface area contributed by atoms with Gasteiger partial charge in [0.25, 0.3) is 17.5 Å². The molecule has 8 rings (SSSR count). The number of amides is 4. The molecule has 2 bridgehead atoms. The molecule has 3 heterocycles. The Labute approximate surface area is 351 Å². The van der Waals surface area contributed by atoms with Gasteiger partial charge in [-0.05, 0) is 93.2 Å². The number of benzene rings is 1. The maximum Gasteiger partial charge on any atom is 0.408 e. The van der Waals surface area contributed by atoms with Gasteiger partial charge in [-0.15, -0.1) is 0 Å². The van der Waals surface area contributed by atoms with E-state index in [-0.39, 0.29) is 54.9 Å². The lowest BCUT2D eigenvalue weighted by molar-refractivity contribution is -0.143. The van der Waals surface area contributed by atoms with Crippen LogP contribution < -0.4 is 25.7 Å². The first kappa shape index (κ1) is 42.4. The summed E-state index contributed by atoms with van der Waals surface area (Å²) in [5.41, 5.74) is -3.42. The zero-order valence-corrected chi connectivity index (χ0v) is 35.7. The minimum atomic E-state index is -4.27. The van der Waals surface area contributed by atoms with Crippen LogP contribution in [-0.4, -0.2) is 94.2 Å². The van der Waals surface area contributed by atoms with Crippen LogP contribution in [0, 0.1) is 35.0 Å². The number of rotatable bonds is 6. The molecule has 4 amide bonds. The van der Waals surface area contributed by atoms with E-state index < -0.39 is 98.0 Å². The highest BCUT2D eigenvalue weighted by molar-refractivity contribution is 7.91. The Morgan fingerprint density at radius 2 is 1.80 bits per heavy atom. The molecule has 0 unspecified atom stereocenters. The lowest BCUT2D eigenvalue weighted by Gasteiger charge is -2.36. The number of alkyl halides is 2. The predicted molar refractivity (Wildman–Crippen MR) is 215 cm³/mol. The molecular weight excluding hydrogens is 826 g/mol. The number of hydrogen-bond acceptors (Lipinski definition) is 10. The summed E-state index contributed by atoms with van der Waals surface area (Å²) in [5, 5.41) is 5.82. The molecule has 4 aliphatic carbocycles. The maximum atomic E-state index is 14.9. The van der Waals surface area contributed by atoms with Gasteiger partial charge in [0.2, 0.25) is 28.3 Å². The van der Waals surface area contributed by atoms with E-state index in [1.807, 2.05) is 16.9 Å². The fraction of sp³-hybridized carbons (Fsp3) is 0.659. The van der Waals surface area contributed by atoms with Gasteiger partial charge >= 0.3 is 6.09 Å². The molecule has 60 heavy (non-hydrogen) atoms. The quantitative estimate of drug-likeness (QED) is 0.353. The van der Waals surface area contributed by atoms with Crippen LogP contribution in [0.15, 0.2) is 35.1 Å². The monoisotopic (exact) mass is 876 g/mol. The fourth-order valence-corrected chi connectivity index (χ4v) is 10.9. The number of allylic oxidation sites excluding steroid dienone is 2. The van der Waals surface area contributed by atoms with Crippen molar-refractivity contribution in [3.05, 3.63) is 45.7 Å². The first-order valence-electron chi connectivity index (χ1n) is 20.6. The SMILES string of the molecule is C[C@@H]1[C@@H]2CN(C(=O)[C@H](C(C)(C)C)NC(=O)O[C@@H]3C[C@@H]4C[C@@H]4[C@H]3CCC=CCn3c(nc4cc(Cl)ccc4c3=O)O2)[C@@H]1C(=O)N[C@]1(C(=O)NS(=O)(=O)C2(C)CC2)C[C@H]1C(F)F. The Balaban J connectivity index is 1.17. The number of nitrogens with zero attached hydrogens (tertiary/aromatic N) is 3. The molecule has 2 aliphatic heterocycles. The molecule has 6 aliphatic rings. The number of sulfonamides is 1. The predicted octanol–water partition coefficient (Wildman–Crippen LogP) is 4.30. The van der Waals surface area contributed by atoms with Gasteiger partial charge in [0.1, 0.15) is 29.8 Å². The minimum absolute atomic E-state index is 0.0626. The zero-order valence-electron chi connectivity index (χ0n) is 34.1. The zero-order chi connectivity index (χ0) is 43.3. The maximum absolute atomic E-state index is 14.9. The number of carbonyl (C=O) groups is 4. The molecule has 10 atom stereocenters. The van der Waals surface area contributed by atoms with E-state index in [1.54, 1.807) is 39.8 Å². The Morgan fingerprint density at radius 1 is 1.07 bits per heavy atom. The topological polar surface area (TPSA) is 195 Å². The molecule has 5 fully saturated rings. The van der Waals surface area contributed by atoms with Crippen molar-refractivity contribution in [2.45, 2.75) is 127 Å². The van der Waals surface area contributed by atoms with E-state index in [4.69, 9.17) is 21.1 Å². The summed E-state index contributed by atoms with van der Waals surface area (Å²) < 4.78 is 69.4. The van der Waals surface area contributed by atoms with Crippen LogP contribution >= 0.6 is 11.6 Å². The smallest absolute Gasteiger partial charge is 0.408 e. The Hall–Kier alpha value is -4.32. The highest BCUT2D eigenvalue weighted by Crippen LogP contribution is 2.57. The Bertz CT molecular complexity index is 2330. The van der Waals surface area contributed by atoms with Crippen molar-refractivity contribution < 1.29 is 45.9 Å². The molecule has 0 radical (unpaired) electrons. The van der Waals surface area contributed by atoms with Crippen LogP contribution in [-0.2, 0) is 35.7 Å². The highest BCUT2D eigenvalue weighted by atomic mass is 35.5. The molecule has 1 aromatic carbocycles. The summed E-state index contributed by atoms with van der Waals surface area (Å²) in [7, 11) is -4.27. The highest BCUT2D eigenvalue weighted by Gasteiger charge is 2.68. The van der Waals surface area contributed by atoms with Crippen LogP contribution in [0.1, 0.15) is 79.6 Å². The number of alkyl carbamates (subject to hydrolysis) is 1. The van der Waals surface area contributed by atoms with Gasteiger partial charge in [-0.3, -0.25) is 28.5 Å². The van der Waals surface area contributed by atoms with Gasteiger partial charge in [0.05, 0.1) is 28.1 Å². The summed E-state index contributed by atoms with van der Waals surface area (Å²) in [4.78, 5) is 76.7. The molecule has 2 aromatic rings. The number of halogens is 3.